The van der Waals surface area contributed by atoms with Gasteiger partial charge in [0.1, 0.15) is 42.0 Å². The lowest BCUT2D eigenvalue weighted by molar-refractivity contribution is -0.147. The average Bonchev–Trinajstić information content (AvgIpc) is 3.36. The van der Waals surface area contributed by atoms with E-state index in [0.717, 1.165) is 44.9 Å². The van der Waals surface area contributed by atoms with Gasteiger partial charge < -0.3 is 55.2 Å². The Balaban J connectivity index is 2.03. The standard InChI is InChI=1S/C56H93N9O13/c1-13-14-15-22-28-44-38(5)50(70)65(12)43(31-36(2)3)48(68)62-45(40-26-20-17-21-27-40)49(69)60-41(32-58-52(71)76-34-39-24-18-16-19-25-39)46(66)61-42(47(67)59-37(4)33-75-44)35-74-30-23-29-57-51(63-53(72)77-55(6,7)8)64-54(73)78-56(9,10)11/h16,18-19,24-25,36-38,40-45H,13-15,17,20-23,26-35H2,1-12H3,(H,58,71)(H,59,67)(H,60,69)(H,61,66)(H,62,68)(H2,57,63,64,72,73)/t37-,38-,41+,42+,43+,44-,45+/m1/s1. The summed E-state index contributed by atoms with van der Waals surface area (Å²) in [6.07, 6.45) is 5.38. The molecule has 1 saturated heterocycles. The summed E-state index contributed by atoms with van der Waals surface area (Å²) in [7, 11) is 1.60. The van der Waals surface area contributed by atoms with Gasteiger partial charge in [-0.15, -0.1) is 0 Å². The molecule has 8 amide bonds. The molecular weight excluding hydrogens is 1010 g/mol. The highest BCUT2D eigenvalue weighted by atomic mass is 16.6. The molecule has 2 aliphatic rings. The number of ether oxygens (including phenoxy) is 5. The van der Waals surface area contributed by atoms with Crippen LogP contribution in [0.2, 0.25) is 0 Å². The van der Waals surface area contributed by atoms with Crippen molar-refractivity contribution in [1.82, 2.24) is 42.1 Å². The smallest absolute Gasteiger partial charge is 0.414 e. The quantitative estimate of drug-likeness (QED) is 0.0377. The van der Waals surface area contributed by atoms with Crippen LogP contribution in [0, 0.1) is 17.8 Å². The minimum atomic E-state index is -1.50. The number of amides is 8. The van der Waals surface area contributed by atoms with E-state index in [9.17, 15) is 38.4 Å². The first-order valence-electron chi connectivity index (χ1n) is 27.9. The van der Waals surface area contributed by atoms with E-state index in [-0.39, 0.29) is 63.1 Å². The second kappa shape index (κ2) is 33.4. The van der Waals surface area contributed by atoms with Crippen molar-refractivity contribution in [3.63, 3.8) is 0 Å². The van der Waals surface area contributed by atoms with Crippen LogP contribution in [0.25, 0.3) is 0 Å². The Kier molecular flexibility index (Phi) is 28.4. The van der Waals surface area contributed by atoms with Crippen molar-refractivity contribution in [1.29, 1.82) is 0 Å². The minimum absolute atomic E-state index is 0.00524. The summed E-state index contributed by atoms with van der Waals surface area (Å²) in [5, 5.41) is 18.9. The number of nitrogens with one attached hydrogen (secondary N) is 7. The number of hydrogen-bond acceptors (Lipinski definition) is 14. The molecule has 1 aliphatic carbocycles. The Morgan fingerprint density at radius 3 is 1.99 bits per heavy atom. The largest absolute Gasteiger partial charge is 0.445 e. The Morgan fingerprint density at radius 1 is 0.769 bits per heavy atom. The first-order valence-corrected chi connectivity index (χ1v) is 27.9. The summed E-state index contributed by atoms with van der Waals surface area (Å²) >= 11 is 0. The van der Waals surface area contributed by atoms with Gasteiger partial charge in [0.05, 0.1) is 31.8 Å². The molecule has 1 aliphatic heterocycles. The van der Waals surface area contributed by atoms with E-state index in [1.165, 1.54) is 4.90 Å². The summed E-state index contributed by atoms with van der Waals surface area (Å²) in [4.78, 5) is 117. The van der Waals surface area contributed by atoms with Crippen molar-refractivity contribution in [3.8, 4) is 0 Å². The van der Waals surface area contributed by atoms with Crippen LogP contribution in [0.5, 0.6) is 0 Å². The normalized spacial score (nSPS) is 22.8. The molecular formula is C56H93N9O13. The molecule has 3 rings (SSSR count). The molecule has 0 bridgehead atoms. The molecule has 2 fully saturated rings. The Bertz CT molecular complexity index is 2080. The molecule has 0 unspecified atom stereocenters. The number of guanidine groups is 1. The van der Waals surface area contributed by atoms with Crippen molar-refractivity contribution in [3.05, 3.63) is 35.9 Å². The maximum atomic E-state index is 14.8. The number of carbonyl (C=O) groups excluding carboxylic acids is 8. The van der Waals surface area contributed by atoms with Gasteiger partial charge in [-0.2, -0.15) is 0 Å². The zero-order valence-electron chi connectivity index (χ0n) is 48.5. The van der Waals surface area contributed by atoms with Gasteiger partial charge in [0.25, 0.3) is 0 Å². The molecule has 78 heavy (non-hydrogen) atoms. The summed E-state index contributed by atoms with van der Waals surface area (Å²) in [5.74, 6) is -4.27. The molecule has 0 spiro atoms. The average molecular weight is 1100 g/mol. The highest BCUT2D eigenvalue weighted by Crippen LogP contribution is 2.28. The lowest BCUT2D eigenvalue weighted by Crippen LogP contribution is -2.62. The lowest BCUT2D eigenvalue weighted by atomic mass is 9.83. The van der Waals surface area contributed by atoms with Crippen LogP contribution in [0.3, 0.4) is 0 Å². The van der Waals surface area contributed by atoms with Gasteiger partial charge >= 0.3 is 18.3 Å². The number of hydrogen-bond donors (Lipinski definition) is 7. The van der Waals surface area contributed by atoms with Gasteiger partial charge in [-0.25, -0.2) is 14.4 Å². The third-order valence-electron chi connectivity index (χ3n) is 12.9. The van der Waals surface area contributed by atoms with E-state index in [1.54, 1.807) is 86.7 Å². The van der Waals surface area contributed by atoms with Gasteiger partial charge in [0, 0.05) is 26.2 Å². The van der Waals surface area contributed by atoms with E-state index in [4.69, 9.17) is 23.7 Å². The van der Waals surface area contributed by atoms with E-state index in [0.29, 0.717) is 31.2 Å². The summed E-state index contributed by atoms with van der Waals surface area (Å²) in [5.41, 5.74) is -0.980. The van der Waals surface area contributed by atoms with E-state index in [2.05, 4.69) is 49.1 Å². The fourth-order valence-corrected chi connectivity index (χ4v) is 8.89. The second-order valence-electron chi connectivity index (χ2n) is 22.9. The predicted molar refractivity (Wildman–Crippen MR) is 295 cm³/mol. The molecule has 440 valence electrons. The van der Waals surface area contributed by atoms with E-state index in [1.807, 2.05) is 19.9 Å². The third-order valence-corrected chi connectivity index (χ3v) is 12.9. The van der Waals surface area contributed by atoms with Crippen molar-refractivity contribution in [2.24, 2.45) is 22.7 Å². The van der Waals surface area contributed by atoms with Crippen molar-refractivity contribution >= 4 is 53.8 Å². The SMILES string of the molecule is CCCCCC[C@H]1OC[C@@H](C)NC(=O)[C@H](COCCCN=C(NC(=O)OC(C)(C)C)NC(=O)OC(C)(C)C)NC(=O)[C@H](CNC(=O)OCc2ccccc2)NC(=O)[C@H](C2CCCCC2)NC(=O)[C@H](CC(C)C)N(C)C(=O)[C@@H]1C. The minimum Gasteiger partial charge on any atom is -0.445 e. The van der Waals surface area contributed by atoms with Crippen LogP contribution in [0.15, 0.2) is 35.3 Å². The molecule has 0 aromatic heterocycles. The van der Waals surface area contributed by atoms with E-state index < -0.39 is 102 Å². The maximum Gasteiger partial charge on any atom is 0.414 e. The van der Waals surface area contributed by atoms with Crippen LogP contribution >= 0.6 is 0 Å². The number of unbranched alkanes of at least 4 members (excludes halogenated alkanes) is 3. The van der Waals surface area contributed by atoms with Gasteiger partial charge in [-0.3, -0.25) is 39.6 Å². The molecule has 7 N–H and O–H groups in total. The number of likely N-dealkylation sites (N-methyl/N-ethyl adjacent to an activating group) is 1. The van der Waals surface area contributed by atoms with Crippen LogP contribution in [-0.2, 0) is 54.3 Å². The molecule has 7 atom stereocenters. The van der Waals surface area contributed by atoms with Crippen molar-refractivity contribution < 1.29 is 62.0 Å². The first kappa shape index (κ1) is 66.3. The number of nitrogens with zero attached hydrogens (tertiary/aromatic N) is 2. The number of alkyl carbamates (subject to hydrolysis) is 3. The monoisotopic (exact) mass is 1100 g/mol. The summed E-state index contributed by atoms with van der Waals surface area (Å²) < 4.78 is 28.6. The van der Waals surface area contributed by atoms with Gasteiger partial charge in [0.2, 0.25) is 35.5 Å². The summed E-state index contributed by atoms with van der Waals surface area (Å²) in [6.45, 7) is 18.6. The lowest BCUT2D eigenvalue weighted by Gasteiger charge is -2.36. The van der Waals surface area contributed by atoms with Gasteiger partial charge in [-0.05, 0) is 98.0 Å². The zero-order valence-corrected chi connectivity index (χ0v) is 48.5. The highest BCUT2D eigenvalue weighted by Gasteiger charge is 2.39. The molecule has 1 aromatic rings. The van der Waals surface area contributed by atoms with Crippen LogP contribution < -0.4 is 37.2 Å². The highest BCUT2D eigenvalue weighted by molar-refractivity contribution is 6.01. The number of carbonyl (C=O) groups is 8. The van der Waals surface area contributed by atoms with Crippen LogP contribution in [-0.4, -0.2) is 146 Å². The maximum absolute atomic E-state index is 14.8. The fourth-order valence-electron chi connectivity index (χ4n) is 8.89. The molecule has 1 heterocycles. The van der Waals surface area contributed by atoms with Gasteiger partial charge in [-0.1, -0.05) is 103 Å². The molecule has 0 radical (unpaired) electrons. The van der Waals surface area contributed by atoms with Crippen molar-refractivity contribution in [2.45, 2.75) is 207 Å². The van der Waals surface area contributed by atoms with Crippen LogP contribution in [0.4, 0.5) is 14.4 Å². The second-order valence-corrected chi connectivity index (χ2v) is 22.9. The van der Waals surface area contributed by atoms with Gasteiger partial charge in [0.15, 0.2) is 0 Å². The zero-order chi connectivity index (χ0) is 58.0. The Morgan fingerprint density at radius 2 is 1.38 bits per heavy atom. The first-order chi connectivity index (χ1) is 36.8. The number of benzene rings is 1. The van der Waals surface area contributed by atoms with Crippen molar-refractivity contribution in [2.75, 3.05) is 40.0 Å². The number of rotatable bonds is 18. The topological polar surface area (TPSA) is 283 Å². The molecule has 22 nitrogen and oxygen atoms in total. The number of aliphatic imine (C=N–C) groups is 1. The predicted octanol–water partition coefficient (Wildman–Crippen LogP) is 6.14. The Hall–Kier alpha value is -6.03. The molecule has 1 aromatic carbocycles. The third kappa shape index (κ3) is 25.6. The molecule has 22 heteroatoms. The Labute approximate surface area is 462 Å². The molecule has 1 saturated carbocycles. The van der Waals surface area contributed by atoms with E-state index >= 15 is 0 Å². The summed E-state index contributed by atoms with van der Waals surface area (Å²) in [6, 6.07) is 3.36. The van der Waals surface area contributed by atoms with Crippen LogP contribution in [0.1, 0.15) is 159 Å². The fraction of sp³-hybridized carbons (Fsp3) is 0.732.